The molecule has 3 heterocycles. The Hall–Kier alpha value is -3.15. The molecular formula is C18H17N5O. The molecule has 4 rings (SSSR count). The van der Waals surface area contributed by atoms with E-state index in [-0.39, 0.29) is 0 Å². The third-order valence-electron chi connectivity index (χ3n) is 3.95. The summed E-state index contributed by atoms with van der Waals surface area (Å²) in [5.74, 6) is 2.27. The third-order valence-corrected chi connectivity index (χ3v) is 3.95. The van der Waals surface area contributed by atoms with Crippen LogP contribution in [0.3, 0.4) is 0 Å². The van der Waals surface area contributed by atoms with Crippen molar-refractivity contribution >= 4 is 33.4 Å². The number of pyridine rings is 2. The summed E-state index contributed by atoms with van der Waals surface area (Å²) in [5.41, 5.74) is 3.83. The Morgan fingerprint density at radius 3 is 2.71 bits per heavy atom. The molecule has 0 aliphatic carbocycles. The van der Waals surface area contributed by atoms with E-state index in [2.05, 4.69) is 20.5 Å². The van der Waals surface area contributed by atoms with Crippen molar-refractivity contribution in [3.63, 3.8) is 0 Å². The van der Waals surface area contributed by atoms with Crippen LogP contribution in [0.2, 0.25) is 0 Å². The maximum atomic E-state index is 5.32. The molecular weight excluding hydrogens is 302 g/mol. The molecule has 0 fully saturated rings. The van der Waals surface area contributed by atoms with E-state index in [1.165, 1.54) is 0 Å². The van der Waals surface area contributed by atoms with Crippen molar-refractivity contribution in [2.75, 3.05) is 12.4 Å². The van der Waals surface area contributed by atoms with Gasteiger partial charge in [-0.2, -0.15) is 5.10 Å². The predicted octanol–water partition coefficient (Wildman–Crippen LogP) is 3.88. The minimum atomic E-state index is 0.706. The van der Waals surface area contributed by atoms with Gasteiger partial charge < -0.3 is 10.1 Å². The number of methoxy groups -OCH3 is 1. The molecule has 3 aromatic heterocycles. The quantitative estimate of drug-likeness (QED) is 0.599. The van der Waals surface area contributed by atoms with Gasteiger partial charge in [0.1, 0.15) is 17.1 Å². The molecule has 0 spiro atoms. The Morgan fingerprint density at radius 1 is 1.04 bits per heavy atom. The summed E-state index contributed by atoms with van der Waals surface area (Å²) in [6, 6.07) is 9.85. The second-order valence-electron chi connectivity index (χ2n) is 5.80. The first-order valence-electron chi connectivity index (χ1n) is 7.67. The molecule has 0 aliphatic rings. The van der Waals surface area contributed by atoms with E-state index >= 15 is 0 Å². The standard InChI is InChI=1S/C18H17N5O/c1-10-6-11(2)20-16(7-10)22-18-17-14(9-19-23-17)13-8-12(24-3)4-5-15(13)21-18/h4-9H,1-3H3,(H,19,23)(H,20,21,22). The Labute approximate surface area is 138 Å². The van der Waals surface area contributed by atoms with Crippen molar-refractivity contribution in [2.24, 2.45) is 0 Å². The summed E-state index contributed by atoms with van der Waals surface area (Å²) in [5, 5.41) is 12.5. The molecule has 0 saturated carbocycles. The predicted molar refractivity (Wildman–Crippen MR) is 94.9 cm³/mol. The molecule has 0 amide bonds. The fourth-order valence-electron chi connectivity index (χ4n) is 2.92. The van der Waals surface area contributed by atoms with Gasteiger partial charge in [-0.25, -0.2) is 9.97 Å². The number of anilines is 2. The summed E-state index contributed by atoms with van der Waals surface area (Å²) in [6.07, 6.45) is 1.80. The molecule has 6 nitrogen and oxygen atoms in total. The van der Waals surface area contributed by atoms with Crippen LogP contribution in [0, 0.1) is 13.8 Å². The zero-order chi connectivity index (χ0) is 16.7. The highest BCUT2D eigenvalue weighted by molar-refractivity contribution is 6.09. The van der Waals surface area contributed by atoms with Crippen molar-refractivity contribution in [3.05, 3.63) is 47.8 Å². The average Bonchev–Trinajstić information content (AvgIpc) is 3.04. The Bertz CT molecular complexity index is 1030. The van der Waals surface area contributed by atoms with Crippen LogP contribution in [0.15, 0.2) is 36.5 Å². The molecule has 0 bridgehead atoms. The fourth-order valence-corrected chi connectivity index (χ4v) is 2.92. The maximum Gasteiger partial charge on any atom is 0.158 e. The lowest BCUT2D eigenvalue weighted by atomic mass is 10.1. The van der Waals surface area contributed by atoms with Gasteiger partial charge in [0.2, 0.25) is 0 Å². The van der Waals surface area contributed by atoms with Crippen LogP contribution in [0.5, 0.6) is 5.75 Å². The number of benzene rings is 1. The molecule has 6 heteroatoms. The van der Waals surface area contributed by atoms with Crippen LogP contribution < -0.4 is 10.1 Å². The van der Waals surface area contributed by atoms with Gasteiger partial charge >= 0.3 is 0 Å². The van der Waals surface area contributed by atoms with E-state index in [4.69, 9.17) is 9.72 Å². The van der Waals surface area contributed by atoms with E-state index in [0.717, 1.165) is 44.6 Å². The van der Waals surface area contributed by atoms with Crippen LogP contribution >= 0.6 is 0 Å². The van der Waals surface area contributed by atoms with Crippen molar-refractivity contribution in [1.82, 2.24) is 20.2 Å². The minimum Gasteiger partial charge on any atom is -0.497 e. The number of fused-ring (bicyclic) bond motifs is 3. The number of aryl methyl sites for hydroxylation is 2. The molecule has 0 saturated heterocycles. The monoisotopic (exact) mass is 319 g/mol. The second kappa shape index (κ2) is 5.49. The summed E-state index contributed by atoms with van der Waals surface area (Å²) in [7, 11) is 1.66. The Balaban J connectivity index is 1.89. The van der Waals surface area contributed by atoms with Crippen LogP contribution in [0.4, 0.5) is 11.6 Å². The molecule has 2 N–H and O–H groups in total. The first kappa shape index (κ1) is 14.4. The van der Waals surface area contributed by atoms with Crippen LogP contribution in [0.25, 0.3) is 21.8 Å². The largest absolute Gasteiger partial charge is 0.497 e. The number of aromatic nitrogens is 4. The molecule has 0 aliphatic heterocycles. The van der Waals surface area contributed by atoms with Crippen molar-refractivity contribution in [3.8, 4) is 5.75 Å². The highest BCUT2D eigenvalue weighted by atomic mass is 16.5. The van der Waals surface area contributed by atoms with Crippen LogP contribution in [0.1, 0.15) is 11.3 Å². The number of H-pyrrole nitrogens is 1. The first-order valence-corrected chi connectivity index (χ1v) is 7.67. The van der Waals surface area contributed by atoms with Crippen molar-refractivity contribution in [1.29, 1.82) is 0 Å². The van der Waals surface area contributed by atoms with E-state index < -0.39 is 0 Å². The van der Waals surface area contributed by atoms with Gasteiger partial charge in [-0.15, -0.1) is 0 Å². The van der Waals surface area contributed by atoms with Gasteiger partial charge in [-0.1, -0.05) is 0 Å². The molecule has 24 heavy (non-hydrogen) atoms. The van der Waals surface area contributed by atoms with Gasteiger partial charge in [-0.05, 0) is 49.7 Å². The van der Waals surface area contributed by atoms with E-state index in [1.54, 1.807) is 13.3 Å². The van der Waals surface area contributed by atoms with Gasteiger partial charge in [0, 0.05) is 16.5 Å². The van der Waals surface area contributed by atoms with Gasteiger partial charge in [0.05, 0.1) is 18.8 Å². The van der Waals surface area contributed by atoms with Gasteiger partial charge in [0.25, 0.3) is 0 Å². The molecule has 0 atom stereocenters. The summed E-state index contributed by atoms with van der Waals surface area (Å²) >= 11 is 0. The number of aromatic amines is 1. The number of nitrogens with one attached hydrogen (secondary N) is 2. The van der Waals surface area contributed by atoms with Crippen molar-refractivity contribution < 1.29 is 4.74 Å². The highest BCUT2D eigenvalue weighted by Crippen LogP contribution is 2.31. The van der Waals surface area contributed by atoms with E-state index in [1.807, 2.05) is 44.2 Å². The number of hydrogen-bond acceptors (Lipinski definition) is 5. The number of nitrogens with zero attached hydrogens (tertiary/aromatic N) is 3. The lowest BCUT2D eigenvalue weighted by molar-refractivity contribution is 0.415. The summed E-state index contributed by atoms with van der Waals surface area (Å²) in [4.78, 5) is 9.25. The highest BCUT2D eigenvalue weighted by Gasteiger charge is 2.12. The topological polar surface area (TPSA) is 75.7 Å². The average molecular weight is 319 g/mol. The first-order chi connectivity index (χ1) is 11.6. The number of ether oxygens (including phenoxy) is 1. The Morgan fingerprint density at radius 2 is 1.92 bits per heavy atom. The number of hydrogen-bond donors (Lipinski definition) is 2. The van der Waals surface area contributed by atoms with Crippen LogP contribution in [-0.4, -0.2) is 27.3 Å². The minimum absolute atomic E-state index is 0.706. The maximum absolute atomic E-state index is 5.32. The van der Waals surface area contributed by atoms with Gasteiger partial charge in [-0.3, -0.25) is 5.10 Å². The van der Waals surface area contributed by atoms with Gasteiger partial charge in [0.15, 0.2) is 5.82 Å². The number of rotatable bonds is 3. The van der Waals surface area contributed by atoms with Crippen LogP contribution in [-0.2, 0) is 0 Å². The molecule has 120 valence electrons. The zero-order valence-electron chi connectivity index (χ0n) is 13.7. The summed E-state index contributed by atoms with van der Waals surface area (Å²) < 4.78 is 5.32. The fraction of sp³-hybridized carbons (Fsp3) is 0.167. The normalized spacial score (nSPS) is 11.1. The lowest BCUT2D eigenvalue weighted by Gasteiger charge is -2.10. The second-order valence-corrected chi connectivity index (χ2v) is 5.80. The molecule has 0 unspecified atom stereocenters. The zero-order valence-corrected chi connectivity index (χ0v) is 13.7. The SMILES string of the molecule is COc1ccc2nc(Nc3cc(C)cc(C)n3)c3[nH]ncc3c2c1. The van der Waals surface area contributed by atoms with E-state index in [9.17, 15) is 0 Å². The molecule has 1 aromatic carbocycles. The molecule has 4 aromatic rings. The third kappa shape index (κ3) is 2.42. The van der Waals surface area contributed by atoms with Crippen molar-refractivity contribution in [2.45, 2.75) is 13.8 Å². The van der Waals surface area contributed by atoms with E-state index in [0.29, 0.717) is 5.82 Å². The lowest BCUT2D eigenvalue weighted by Crippen LogP contribution is -1.99. The molecule has 0 radical (unpaired) electrons. The summed E-state index contributed by atoms with van der Waals surface area (Å²) in [6.45, 7) is 4.02. The Kier molecular flexibility index (Phi) is 3.30. The smallest absolute Gasteiger partial charge is 0.158 e.